The predicted octanol–water partition coefficient (Wildman–Crippen LogP) is 2.26. The molecule has 0 fully saturated rings. The summed E-state index contributed by atoms with van der Waals surface area (Å²) in [6, 6.07) is 3.03. The van der Waals surface area contributed by atoms with Crippen molar-refractivity contribution in [1.29, 1.82) is 0 Å². The maximum Gasteiger partial charge on any atom is 0.320 e. The molecule has 0 aromatic carbocycles. The van der Waals surface area contributed by atoms with Gasteiger partial charge in [0.15, 0.2) is 0 Å². The number of aryl methyl sites for hydroxylation is 1. The zero-order valence-electron chi connectivity index (χ0n) is 19.5. The third-order valence-electron chi connectivity index (χ3n) is 4.64. The highest BCUT2D eigenvalue weighted by Crippen LogP contribution is 2.38. The molecular formula is C22H28N8O3S. The molecule has 0 saturated carbocycles. The Kier molecular flexibility index (Phi) is 8.46. The molecule has 3 aromatic heterocycles. The van der Waals surface area contributed by atoms with E-state index < -0.39 is 5.91 Å². The molecule has 0 aliphatic heterocycles. The van der Waals surface area contributed by atoms with E-state index in [1.54, 1.807) is 18.3 Å². The van der Waals surface area contributed by atoms with Crippen LogP contribution in [-0.4, -0.2) is 65.6 Å². The number of carbonyl (C=O) groups is 2. The lowest BCUT2D eigenvalue weighted by molar-refractivity contribution is 0.0953. The van der Waals surface area contributed by atoms with Crippen LogP contribution in [0.25, 0.3) is 21.7 Å². The third kappa shape index (κ3) is 6.25. The number of nitrogens with one attached hydrogen (secondary N) is 3. The van der Waals surface area contributed by atoms with Crippen molar-refractivity contribution in [1.82, 2.24) is 30.6 Å². The van der Waals surface area contributed by atoms with Crippen molar-refractivity contribution in [3.05, 3.63) is 41.2 Å². The number of carbonyl (C=O) groups excluding carboxylic acids is 2. The summed E-state index contributed by atoms with van der Waals surface area (Å²) in [5, 5.41) is 8.06. The lowest BCUT2D eigenvalue weighted by Crippen LogP contribution is -2.30. The molecule has 0 atom stereocenters. The van der Waals surface area contributed by atoms with Crippen LogP contribution >= 0.6 is 11.3 Å². The first-order valence-corrected chi connectivity index (χ1v) is 11.5. The van der Waals surface area contributed by atoms with Gasteiger partial charge in [-0.1, -0.05) is 0 Å². The normalized spacial score (nSPS) is 10.8. The minimum Gasteiger partial charge on any atom is -0.476 e. The van der Waals surface area contributed by atoms with Gasteiger partial charge in [0.1, 0.15) is 17.4 Å². The van der Waals surface area contributed by atoms with Crippen molar-refractivity contribution in [2.45, 2.75) is 13.8 Å². The number of ether oxygens (including phenoxy) is 1. The molecule has 0 bridgehead atoms. The average Bonchev–Trinajstić information content (AvgIpc) is 3.25. The second-order valence-corrected chi connectivity index (χ2v) is 8.45. The van der Waals surface area contributed by atoms with E-state index in [2.05, 4.69) is 31.0 Å². The summed E-state index contributed by atoms with van der Waals surface area (Å²) in [6.45, 7) is 5.29. The molecule has 0 radical (unpaired) electrons. The van der Waals surface area contributed by atoms with Crippen molar-refractivity contribution in [2.24, 2.45) is 5.84 Å². The van der Waals surface area contributed by atoms with Gasteiger partial charge in [-0.25, -0.2) is 25.6 Å². The minimum atomic E-state index is -0.484. The smallest absolute Gasteiger partial charge is 0.320 e. The van der Waals surface area contributed by atoms with Crippen LogP contribution in [0.3, 0.4) is 0 Å². The van der Waals surface area contributed by atoms with Crippen molar-refractivity contribution < 1.29 is 14.3 Å². The number of rotatable bonds is 9. The summed E-state index contributed by atoms with van der Waals surface area (Å²) >= 11 is 1.46. The molecule has 3 heterocycles. The van der Waals surface area contributed by atoms with Gasteiger partial charge < -0.3 is 15.0 Å². The standard InChI is InChI=1S/C22H28N8O3S/c1-5-24-22(32)28-18-9-16(21-27-13(2)12-34-21)17(11-25-18)15-8-14(19(31)29-23)10-26-20(15)33-7-6-30(3)4/h8-12H,5-7,23H2,1-4H3,(H,29,31)(H2,24,25,28,32). The van der Waals surface area contributed by atoms with Crippen LogP contribution in [0, 0.1) is 6.92 Å². The van der Waals surface area contributed by atoms with Crippen LogP contribution in [0.5, 0.6) is 5.88 Å². The van der Waals surface area contributed by atoms with E-state index in [0.29, 0.717) is 48.1 Å². The first kappa shape index (κ1) is 25.0. The number of nitrogens with two attached hydrogens (primary N) is 1. The number of likely N-dealkylation sites (N-methyl/N-ethyl adjacent to an activating group) is 1. The molecule has 0 aliphatic rings. The van der Waals surface area contributed by atoms with Crippen LogP contribution < -0.4 is 26.6 Å². The molecule has 0 aliphatic carbocycles. The Labute approximate surface area is 201 Å². The highest BCUT2D eigenvalue weighted by molar-refractivity contribution is 7.13. The fraction of sp³-hybridized carbons (Fsp3) is 0.318. The SMILES string of the molecule is CCNC(=O)Nc1cc(-c2nc(C)cs2)c(-c2cc(C(=O)NN)cnc2OCCN(C)C)cn1. The van der Waals surface area contributed by atoms with Crippen LogP contribution in [0.1, 0.15) is 23.0 Å². The molecular weight excluding hydrogens is 456 g/mol. The number of pyridine rings is 2. The van der Waals surface area contributed by atoms with Gasteiger partial charge in [-0.3, -0.25) is 15.5 Å². The number of thiazole rings is 1. The van der Waals surface area contributed by atoms with Crippen LogP contribution in [-0.2, 0) is 0 Å². The third-order valence-corrected chi connectivity index (χ3v) is 5.64. The van der Waals surface area contributed by atoms with E-state index in [9.17, 15) is 9.59 Å². The molecule has 3 amide bonds. The topological polar surface area (TPSA) is 147 Å². The molecule has 0 unspecified atom stereocenters. The number of hydrazine groups is 1. The maximum absolute atomic E-state index is 12.2. The summed E-state index contributed by atoms with van der Waals surface area (Å²) in [5.41, 5.74) is 5.16. The van der Waals surface area contributed by atoms with E-state index in [0.717, 1.165) is 10.7 Å². The van der Waals surface area contributed by atoms with Crippen LogP contribution in [0.15, 0.2) is 29.9 Å². The maximum atomic E-state index is 12.2. The average molecular weight is 485 g/mol. The van der Waals surface area contributed by atoms with Gasteiger partial charge in [0.25, 0.3) is 5.91 Å². The Bertz CT molecular complexity index is 1160. The molecule has 3 aromatic rings. The van der Waals surface area contributed by atoms with Crippen LogP contribution in [0.4, 0.5) is 10.6 Å². The Morgan fingerprint density at radius 3 is 2.59 bits per heavy atom. The van der Waals surface area contributed by atoms with E-state index >= 15 is 0 Å². The van der Waals surface area contributed by atoms with Gasteiger partial charge in [-0.2, -0.15) is 0 Å². The quantitative estimate of drug-likeness (QED) is 0.205. The Hall–Kier alpha value is -3.61. The van der Waals surface area contributed by atoms with Crippen molar-refractivity contribution in [3.8, 4) is 27.6 Å². The summed E-state index contributed by atoms with van der Waals surface area (Å²) in [7, 11) is 3.89. The fourth-order valence-electron chi connectivity index (χ4n) is 3.01. The van der Waals surface area contributed by atoms with Crippen molar-refractivity contribution in [2.75, 3.05) is 39.1 Å². The molecule has 3 rings (SSSR count). The first-order valence-electron chi connectivity index (χ1n) is 10.6. The Morgan fingerprint density at radius 1 is 1.15 bits per heavy atom. The van der Waals surface area contributed by atoms with E-state index in [4.69, 9.17) is 10.6 Å². The summed E-state index contributed by atoms with van der Waals surface area (Å²) in [6.07, 6.45) is 3.01. The lowest BCUT2D eigenvalue weighted by Gasteiger charge is -2.16. The molecule has 12 heteroatoms. The largest absolute Gasteiger partial charge is 0.476 e. The highest BCUT2D eigenvalue weighted by Gasteiger charge is 2.20. The second-order valence-electron chi connectivity index (χ2n) is 7.60. The van der Waals surface area contributed by atoms with Gasteiger partial charge in [0.05, 0.1) is 5.56 Å². The number of nitrogens with zero attached hydrogens (tertiary/aromatic N) is 4. The zero-order valence-corrected chi connectivity index (χ0v) is 20.3. The molecule has 34 heavy (non-hydrogen) atoms. The van der Waals surface area contributed by atoms with Gasteiger partial charge in [0.2, 0.25) is 5.88 Å². The van der Waals surface area contributed by atoms with Crippen molar-refractivity contribution >= 4 is 29.1 Å². The van der Waals surface area contributed by atoms with Gasteiger partial charge in [-0.05, 0) is 40.1 Å². The molecule has 0 saturated heterocycles. The van der Waals surface area contributed by atoms with E-state index in [-0.39, 0.29) is 11.6 Å². The fourth-order valence-corrected chi connectivity index (χ4v) is 3.83. The number of hydrogen-bond acceptors (Lipinski definition) is 9. The van der Waals surface area contributed by atoms with Gasteiger partial charge in [0, 0.05) is 53.2 Å². The van der Waals surface area contributed by atoms with Gasteiger partial charge >= 0.3 is 6.03 Å². The molecule has 11 nitrogen and oxygen atoms in total. The predicted molar refractivity (Wildman–Crippen MR) is 132 cm³/mol. The molecule has 5 N–H and O–H groups in total. The van der Waals surface area contributed by atoms with E-state index in [1.807, 2.05) is 38.2 Å². The van der Waals surface area contributed by atoms with Gasteiger partial charge in [-0.15, -0.1) is 11.3 Å². The first-order chi connectivity index (χ1) is 16.3. The molecule has 0 spiro atoms. The monoisotopic (exact) mass is 484 g/mol. The molecule has 180 valence electrons. The number of amides is 3. The highest BCUT2D eigenvalue weighted by atomic mass is 32.1. The lowest BCUT2D eigenvalue weighted by atomic mass is 10.0. The summed E-state index contributed by atoms with van der Waals surface area (Å²) in [5.74, 6) is 5.55. The summed E-state index contributed by atoms with van der Waals surface area (Å²) in [4.78, 5) is 39.6. The van der Waals surface area contributed by atoms with E-state index in [1.165, 1.54) is 17.5 Å². The second kappa shape index (κ2) is 11.5. The zero-order chi connectivity index (χ0) is 24.7. The minimum absolute atomic E-state index is 0.267. The Morgan fingerprint density at radius 2 is 1.94 bits per heavy atom. The number of nitrogen functional groups attached to an aromatic ring is 1. The number of hydrogen-bond donors (Lipinski definition) is 4. The summed E-state index contributed by atoms with van der Waals surface area (Å²) < 4.78 is 5.95. The Balaban J connectivity index is 2.13. The number of anilines is 1. The number of urea groups is 1. The number of aromatic nitrogens is 3. The van der Waals surface area contributed by atoms with Crippen LogP contribution in [0.2, 0.25) is 0 Å². The van der Waals surface area contributed by atoms with Crippen molar-refractivity contribution in [3.63, 3.8) is 0 Å².